The molecule has 32 heavy (non-hydrogen) atoms. The van der Waals surface area contributed by atoms with Gasteiger partial charge in [-0.15, -0.1) is 0 Å². The molecule has 0 amide bonds. The van der Waals surface area contributed by atoms with Crippen LogP contribution < -0.4 is 5.73 Å². The topological polar surface area (TPSA) is 80.4 Å². The Morgan fingerprint density at radius 1 is 0.875 bits per heavy atom. The van der Waals surface area contributed by atoms with Crippen LogP contribution >= 0.6 is 0 Å². The second-order valence-corrected chi connectivity index (χ2v) is 7.88. The van der Waals surface area contributed by atoms with Crippen LogP contribution in [0.5, 0.6) is 0 Å². The van der Waals surface area contributed by atoms with Crippen LogP contribution in [0, 0.1) is 13.8 Å². The van der Waals surface area contributed by atoms with E-state index >= 15 is 0 Å². The number of Topliss-reactive ketones (excluding diaryl/α,β-unsaturated/α-hetero) is 1. The number of benzene rings is 3. The predicted molar refractivity (Wildman–Crippen MR) is 134 cm³/mol. The third kappa shape index (κ3) is 10.1. The van der Waals surface area contributed by atoms with Crippen molar-refractivity contribution in [2.45, 2.75) is 53.9 Å². The van der Waals surface area contributed by atoms with E-state index in [0.717, 1.165) is 23.2 Å². The molecule has 3 aromatic carbocycles. The van der Waals surface area contributed by atoms with Gasteiger partial charge in [0.2, 0.25) is 0 Å². The summed E-state index contributed by atoms with van der Waals surface area (Å²) in [4.78, 5) is 19.7. The standard InChI is InChI=1S/C15H17N.C10H12O2.C3H6O/c1-3-12-7-5-8-13(10-12)15-11(2)6-4-9-14(15)16;1-8-2-4-9(5-3-8)6-7-10(11)12;1-3(2)4/h4-10H,3,16H2,1-2H3;2-5H,6-7H2,1H3,(H,11,12);1-2H3. The molecule has 0 spiro atoms. The number of rotatable bonds is 5. The van der Waals surface area contributed by atoms with E-state index in [0.29, 0.717) is 6.42 Å². The summed E-state index contributed by atoms with van der Waals surface area (Å²) in [6, 6.07) is 22.6. The van der Waals surface area contributed by atoms with E-state index in [1.807, 2.05) is 43.3 Å². The highest BCUT2D eigenvalue weighted by molar-refractivity contribution is 5.79. The molecule has 3 rings (SSSR count). The number of ketones is 1. The molecule has 0 atom stereocenters. The van der Waals surface area contributed by atoms with Gasteiger partial charge in [0.1, 0.15) is 5.78 Å². The minimum Gasteiger partial charge on any atom is -0.481 e. The summed E-state index contributed by atoms with van der Waals surface area (Å²) in [5, 5.41) is 8.43. The average molecular weight is 434 g/mol. The van der Waals surface area contributed by atoms with Crippen LogP contribution in [0.15, 0.2) is 66.7 Å². The number of nitrogens with two attached hydrogens (primary N) is 1. The van der Waals surface area contributed by atoms with Crippen molar-refractivity contribution in [3.8, 4) is 11.1 Å². The highest BCUT2D eigenvalue weighted by Crippen LogP contribution is 2.29. The van der Waals surface area contributed by atoms with Gasteiger partial charge in [-0.3, -0.25) is 4.79 Å². The lowest BCUT2D eigenvalue weighted by molar-refractivity contribution is -0.137. The van der Waals surface area contributed by atoms with Crippen LogP contribution in [0.25, 0.3) is 11.1 Å². The van der Waals surface area contributed by atoms with Gasteiger partial charge >= 0.3 is 5.97 Å². The van der Waals surface area contributed by atoms with Crippen molar-refractivity contribution >= 4 is 17.4 Å². The van der Waals surface area contributed by atoms with Crippen LogP contribution in [0.2, 0.25) is 0 Å². The second kappa shape index (κ2) is 13.8. The number of aryl methyl sites for hydroxylation is 4. The molecular weight excluding hydrogens is 398 g/mol. The molecule has 0 fully saturated rings. The Morgan fingerprint density at radius 2 is 1.47 bits per heavy atom. The maximum atomic E-state index is 10.2. The summed E-state index contributed by atoms with van der Waals surface area (Å²) in [6.45, 7) is 9.34. The maximum Gasteiger partial charge on any atom is 0.303 e. The van der Waals surface area contributed by atoms with Crippen LogP contribution in [0.4, 0.5) is 5.69 Å². The summed E-state index contributed by atoms with van der Waals surface area (Å²) in [7, 11) is 0. The smallest absolute Gasteiger partial charge is 0.303 e. The normalized spacial score (nSPS) is 9.66. The number of hydrogen-bond donors (Lipinski definition) is 2. The fourth-order valence-electron chi connectivity index (χ4n) is 3.04. The second-order valence-electron chi connectivity index (χ2n) is 7.88. The molecule has 0 aliphatic carbocycles. The molecule has 3 N–H and O–H groups in total. The van der Waals surface area contributed by atoms with Crippen molar-refractivity contribution in [3.05, 3.63) is 89.0 Å². The van der Waals surface area contributed by atoms with E-state index in [4.69, 9.17) is 10.8 Å². The lowest BCUT2D eigenvalue weighted by Crippen LogP contribution is -1.97. The van der Waals surface area contributed by atoms with E-state index < -0.39 is 5.97 Å². The number of carboxylic acid groups (broad SMARTS) is 1. The van der Waals surface area contributed by atoms with Crippen molar-refractivity contribution in [2.24, 2.45) is 0 Å². The SMILES string of the molecule is CC(C)=O.CCc1cccc(-c2c(C)cccc2N)c1.Cc1ccc(CCC(=O)O)cc1. The molecule has 4 heteroatoms. The molecule has 4 nitrogen and oxygen atoms in total. The van der Waals surface area contributed by atoms with Crippen LogP contribution in [-0.2, 0) is 22.4 Å². The van der Waals surface area contributed by atoms with Gasteiger partial charge in [0, 0.05) is 17.7 Å². The Balaban J connectivity index is 0.000000283. The number of carbonyl (C=O) groups is 2. The number of aliphatic carboxylic acids is 1. The Hall–Kier alpha value is -3.40. The van der Waals surface area contributed by atoms with Crippen molar-refractivity contribution in [1.29, 1.82) is 0 Å². The number of hydrogen-bond acceptors (Lipinski definition) is 3. The van der Waals surface area contributed by atoms with E-state index in [1.165, 1.54) is 36.1 Å². The van der Waals surface area contributed by atoms with Crippen molar-refractivity contribution in [1.82, 2.24) is 0 Å². The number of carboxylic acids is 1. The maximum absolute atomic E-state index is 10.2. The van der Waals surface area contributed by atoms with Gasteiger partial charge < -0.3 is 15.6 Å². The summed E-state index contributed by atoms with van der Waals surface area (Å²) in [5.41, 5.74) is 14.1. The predicted octanol–water partition coefficient (Wildman–Crippen LogP) is 6.41. The molecule has 170 valence electrons. The highest BCUT2D eigenvalue weighted by atomic mass is 16.4. The van der Waals surface area contributed by atoms with Crippen molar-refractivity contribution in [3.63, 3.8) is 0 Å². The van der Waals surface area contributed by atoms with Crippen LogP contribution in [0.3, 0.4) is 0 Å². The largest absolute Gasteiger partial charge is 0.481 e. The van der Waals surface area contributed by atoms with Crippen LogP contribution in [0.1, 0.15) is 49.4 Å². The molecule has 0 saturated heterocycles. The molecule has 0 heterocycles. The molecule has 3 aromatic rings. The van der Waals surface area contributed by atoms with Gasteiger partial charge in [0.05, 0.1) is 0 Å². The first-order chi connectivity index (χ1) is 15.1. The van der Waals surface area contributed by atoms with Gasteiger partial charge in [-0.2, -0.15) is 0 Å². The minimum absolute atomic E-state index is 0.167. The zero-order valence-electron chi connectivity index (χ0n) is 19.8. The Labute approximate surface area is 192 Å². The van der Waals surface area contributed by atoms with Gasteiger partial charge in [0.15, 0.2) is 0 Å². The third-order valence-electron chi connectivity index (χ3n) is 4.68. The summed E-state index contributed by atoms with van der Waals surface area (Å²) in [6.07, 6.45) is 1.89. The van der Waals surface area contributed by atoms with Crippen molar-refractivity contribution in [2.75, 3.05) is 5.73 Å². The fourth-order valence-corrected chi connectivity index (χ4v) is 3.04. The monoisotopic (exact) mass is 433 g/mol. The average Bonchev–Trinajstić information content (AvgIpc) is 2.73. The summed E-state index contributed by atoms with van der Waals surface area (Å²) in [5.74, 6) is -0.574. The first-order valence-corrected chi connectivity index (χ1v) is 10.8. The summed E-state index contributed by atoms with van der Waals surface area (Å²) < 4.78 is 0. The Morgan fingerprint density at radius 3 is 2.00 bits per heavy atom. The lowest BCUT2D eigenvalue weighted by atomic mass is 9.97. The molecule has 0 radical (unpaired) electrons. The lowest BCUT2D eigenvalue weighted by Gasteiger charge is -2.10. The van der Waals surface area contributed by atoms with Gasteiger partial charge in [-0.05, 0) is 68.9 Å². The number of anilines is 1. The van der Waals surface area contributed by atoms with E-state index in [1.54, 1.807) is 0 Å². The molecular formula is C28H35NO3. The van der Waals surface area contributed by atoms with E-state index in [2.05, 4.69) is 44.2 Å². The van der Waals surface area contributed by atoms with Gasteiger partial charge in [0.25, 0.3) is 0 Å². The fraction of sp³-hybridized carbons (Fsp3) is 0.286. The zero-order chi connectivity index (χ0) is 24.1. The minimum atomic E-state index is -0.740. The molecule has 0 bridgehead atoms. The molecule has 0 aliphatic heterocycles. The molecule has 0 aliphatic rings. The number of nitrogen functional groups attached to an aromatic ring is 1. The quantitative estimate of drug-likeness (QED) is 0.455. The molecule has 0 saturated carbocycles. The zero-order valence-corrected chi connectivity index (χ0v) is 19.8. The van der Waals surface area contributed by atoms with Gasteiger partial charge in [-0.1, -0.05) is 73.2 Å². The first-order valence-electron chi connectivity index (χ1n) is 10.8. The Bertz CT molecular complexity index is 983. The Kier molecular flexibility index (Phi) is 11.5. The van der Waals surface area contributed by atoms with Crippen LogP contribution in [-0.4, -0.2) is 16.9 Å². The van der Waals surface area contributed by atoms with Crippen molar-refractivity contribution < 1.29 is 14.7 Å². The van der Waals surface area contributed by atoms with E-state index in [-0.39, 0.29) is 12.2 Å². The molecule has 0 aromatic heterocycles. The molecule has 0 unspecified atom stereocenters. The van der Waals surface area contributed by atoms with Gasteiger partial charge in [-0.25, -0.2) is 0 Å². The van der Waals surface area contributed by atoms with E-state index in [9.17, 15) is 9.59 Å². The summed E-state index contributed by atoms with van der Waals surface area (Å²) >= 11 is 0. The number of carbonyl (C=O) groups excluding carboxylic acids is 1. The highest BCUT2D eigenvalue weighted by Gasteiger charge is 2.05. The first kappa shape index (κ1) is 26.6. The third-order valence-corrected chi connectivity index (χ3v) is 4.68.